The Morgan fingerprint density at radius 2 is 2.00 bits per heavy atom. The van der Waals surface area contributed by atoms with E-state index in [0.717, 1.165) is 6.04 Å². The molecule has 1 aliphatic rings. The number of rotatable bonds is 2. The SMILES string of the molecule is CCN1CCN(C(C)C)C[C@H]1C. The van der Waals surface area contributed by atoms with E-state index in [0.29, 0.717) is 6.04 Å². The van der Waals surface area contributed by atoms with Crippen LogP contribution in [0.15, 0.2) is 0 Å². The molecule has 0 aromatic carbocycles. The first-order valence-electron chi connectivity index (χ1n) is 5.13. The highest BCUT2D eigenvalue weighted by Crippen LogP contribution is 2.10. The van der Waals surface area contributed by atoms with Crippen molar-refractivity contribution in [3.63, 3.8) is 0 Å². The van der Waals surface area contributed by atoms with E-state index in [4.69, 9.17) is 0 Å². The lowest BCUT2D eigenvalue weighted by atomic mass is 10.1. The zero-order valence-corrected chi connectivity index (χ0v) is 8.88. The maximum absolute atomic E-state index is 2.57. The van der Waals surface area contributed by atoms with E-state index in [1.165, 1.54) is 26.2 Å². The van der Waals surface area contributed by atoms with Crippen LogP contribution in [-0.4, -0.2) is 48.1 Å². The van der Waals surface area contributed by atoms with Crippen LogP contribution in [-0.2, 0) is 0 Å². The highest BCUT2D eigenvalue weighted by molar-refractivity contribution is 4.79. The van der Waals surface area contributed by atoms with Crippen molar-refractivity contribution in [3.8, 4) is 0 Å². The lowest BCUT2D eigenvalue weighted by molar-refractivity contribution is 0.0687. The molecule has 0 saturated carbocycles. The van der Waals surface area contributed by atoms with Gasteiger partial charge in [0.2, 0.25) is 0 Å². The summed E-state index contributed by atoms with van der Waals surface area (Å²) in [5.41, 5.74) is 0. The first-order valence-corrected chi connectivity index (χ1v) is 5.13. The standard InChI is InChI=1S/C10H22N2/c1-5-11-6-7-12(9(2)3)8-10(11)4/h9-10H,5-8H2,1-4H3/t10-/m1/s1. The summed E-state index contributed by atoms with van der Waals surface area (Å²) in [5, 5.41) is 0. The Labute approximate surface area is 76.5 Å². The van der Waals surface area contributed by atoms with E-state index in [-0.39, 0.29) is 0 Å². The van der Waals surface area contributed by atoms with Crippen molar-refractivity contribution in [2.24, 2.45) is 0 Å². The van der Waals surface area contributed by atoms with Crippen molar-refractivity contribution < 1.29 is 0 Å². The topological polar surface area (TPSA) is 6.48 Å². The van der Waals surface area contributed by atoms with E-state index >= 15 is 0 Å². The summed E-state index contributed by atoms with van der Waals surface area (Å²) in [6, 6.07) is 1.46. The second-order valence-electron chi connectivity index (χ2n) is 4.07. The fourth-order valence-corrected chi connectivity index (χ4v) is 1.96. The fourth-order valence-electron chi connectivity index (χ4n) is 1.96. The molecule has 0 spiro atoms. The molecule has 1 heterocycles. The van der Waals surface area contributed by atoms with Crippen molar-refractivity contribution >= 4 is 0 Å². The minimum absolute atomic E-state index is 0.714. The molecule has 0 aliphatic carbocycles. The van der Waals surface area contributed by atoms with Gasteiger partial charge in [-0.15, -0.1) is 0 Å². The van der Waals surface area contributed by atoms with Crippen LogP contribution in [0.3, 0.4) is 0 Å². The van der Waals surface area contributed by atoms with Gasteiger partial charge in [0, 0.05) is 31.7 Å². The summed E-state index contributed by atoms with van der Waals surface area (Å²) in [5.74, 6) is 0. The molecule has 1 rings (SSSR count). The Morgan fingerprint density at radius 1 is 1.33 bits per heavy atom. The van der Waals surface area contributed by atoms with Crippen LogP contribution in [0.25, 0.3) is 0 Å². The largest absolute Gasteiger partial charge is 0.298 e. The second-order valence-corrected chi connectivity index (χ2v) is 4.07. The van der Waals surface area contributed by atoms with Crippen molar-refractivity contribution in [1.82, 2.24) is 9.80 Å². The molecule has 72 valence electrons. The van der Waals surface area contributed by atoms with Gasteiger partial charge in [-0.25, -0.2) is 0 Å². The maximum Gasteiger partial charge on any atom is 0.0195 e. The minimum atomic E-state index is 0.714. The summed E-state index contributed by atoms with van der Waals surface area (Å²) in [7, 11) is 0. The third-order valence-electron chi connectivity index (χ3n) is 2.93. The summed E-state index contributed by atoms with van der Waals surface area (Å²) in [6.07, 6.45) is 0. The highest BCUT2D eigenvalue weighted by Gasteiger charge is 2.23. The maximum atomic E-state index is 2.57. The zero-order valence-electron chi connectivity index (χ0n) is 8.88. The molecule has 0 radical (unpaired) electrons. The molecular formula is C10H22N2. The van der Waals surface area contributed by atoms with Crippen molar-refractivity contribution in [3.05, 3.63) is 0 Å². The molecule has 0 unspecified atom stereocenters. The molecule has 1 atom stereocenters. The predicted octanol–water partition coefficient (Wildman–Crippen LogP) is 1.42. The van der Waals surface area contributed by atoms with Crippen LogP contribution in [0.4, 0.5) is 0 Å². The third-order valence-corrected chi connectivity index (χ3v) is 2.93. The second kappa shape index (κ2) is 4.24. The van der Waals surface area contributed by atoms with E-state index < -0.39 is 0 Å². The predicted molar refractivity (Wildman–Crippen MR) is 53.4 cm³/mol. The van der Waals surface area contributed by atoms with Crippen LogP contribution < -0.4 is 0 Å². The van der Waals surface area contributed by atoms with Gasteiger partial charge in [-0.1, -0.05) is 6.92 Å². The molecule has 0 bridgehead atoms. The van der Waals surface area contributed by atoms with E-state index in [9.17, 15) is 0 Å². The minimum Gasteiger partial charge on any atom is -0.298 e. The van der Waals surface area contributed by atoms with Gasteiger partial charge in [0.15, 0.2) is 0 Å². The Kier molecular flexibility index (Phi) is 3.53. The highest BCUT2D eigenvalue weighted by atomic mass is 15.3. The van der Waals surface area contributed by atoms with Crippen LogP contribution in [0.5, 0.6) is 0 Å². The zero-order chi connectivity index (χ0) is 9.14. The number of hydrogen-bond donors (Lipinski definition) is 0. The van der Waals surface area contributed by atoms with Crippen LogP contribution >= 0.6 is 0 Å². The smallest absolute Gasteiger partial charge is 0.0195 e. The van der Waals surface area contributed by atoms with Gasteiger partial charge >= 0.3 is 0 Å². The first-order chi connectivity index (χ1) is 5.65. The third kappa shape index (κ3) is 2.20. The molecular weight excluding hydrogens is 148 g/mol. The fraction of sp³-hybridized carbons (Fsp3) is 1.00. The van der Waals surface area contributed by atoms with Crippen molar-refractivity contribution in [2.75, 3.05) is 26.2 Å². The van der Waals surface area contributed by atoms with E-state index in [1.54, 1.807) is 0 Å². The van der Waals surface area contributed by atoms with Gasteiger partial charge in [-0.3, -0.25) is 9.80 Å². The number of piperazine rings is 1. The van der Waals surface area contributed by atoms with E-state index in [1.807, 2.05) is 0 Å². The lowest BCUT2D eigenvalue weighted by Crippen LogP contribution is -2.53. The van der Waals surface area contributed by atoms with Gasteiger partial charge in [0.1, 0.15) is 0 Å². The van der Waals surface area contributed by atoms with Crippen LogP contribution in [0.2, 0.25) is 0 Å². The molecule has 2 nitrogen and oxygen atoms in total. The Bertz CT molecular complexity index is 134. The van der Waals surface area contributed by atoms with Crippen molar-refractivity contribution in [1.29, 1.82) is 0 Å². The van der Waals surface area contributed by atoms with Gasteiger partial charge in [0.05, 0.1) is 0 Å². The first kappa shape index (κ1) is 10.0. The lowest BCUT2D eigenvalue weighted by Gasteiger charge is -2.41. The van der Waals surface area contributed by atoms with E-state index in [2.05, 4.69) is 37.5 Å². The Morgan fingerprint density at radius 3 is 2.42 bits per heavy atom. The molecule has 0 N–H and O–H groups in total. The van der Waals surface area contributed by atoms with Gasteiger partial charge in [-0.05, 0) is 27.3 Å². The van der Waals surface area contributed by atoms with Crippen LogP contribution in [0, 0.1) is 0 Å². The molecule has 1 fully saturated rings. The number of likely N-dealkylation sites (N-methyl/N-ethyl adjacent to an activating group) is 1. The van der Waals surface area contributed by atoms with Crippen LogP contribution in [0.1, 0.15) is 27.7 Å². The monoisotopic (exact) mass is 170 g/mol. The summed E-state index contributed by atoms with van der Waals surface area (Å²) < 4.78 is 0. The molecule has 2 heteroatoms. The molecule has 1 saturated heterocycles. The quantitative estimate of drug-likeness (QED) is 0.618. The van der Waals surface area contributed by atoms with Gasteiger partial charge in [-0.2, -0.15) is 0 Å². The summed E-state index contributed by atoms with van der Waals surface area (Å²) in [4.78, 5) is 5.12. The Hall–Kier alpha value is -0.0800. The van der Waals surface area contributed by atoms with Crippen molar-refractivity contribution in [2.45, 2.75) is 39.8 Å². The molecule has 0 aromatic heterocycles. The summed E-state index contributed by atoms with van der Waals surface area (Å²) in [6.45, 7) is 14.1. The Balaban J connectivity index is 2.40. The number of nitrogens with zero attached hydrogens (tertiary/aromatic N) is 2. The summed E-state index contributed by atoms with van der Waals surface area (Å²) >= 11 is 0. The average molecular weight is 170 g/mol. The number of hydrogen-bond acceptors (Lipinski definition) is 2. The molecule has 0 amide bonds. The molecule has 12 heavy (non-hydrogen) atoms. The normalized spacial score (nSPS) is 28.2. The molecule has 0 aromatic rings. The van der Waals surface area contributed by atoms with Gasteiger partial charge < -0.3 is 0 Å². The van der Waals surface area contributed by atoms with Gasteiger partial charge in [0.25, 0.3) is 0 Å². The average Bonchev–Trinajstić information content (AvgIpc) is 2.04. The molecule has 1 aliphatic heterocycles.